The minimum atomic E-state index is -0.970. The molecule has 2 heterocycles. The number of aromatic nitrogens is 1. The maximum atomic E-state index is 12.4. The third kappa shape index (κ3) is 3.52. The van der Waals surface area contributed by atoms with Crippen LogP contribution < -0.4 is 5.32 Å². The number of carbonyl (C=O) groups excluding carboxylic acids is 2. The number of pyridine rings is 1. The van der Waals surface area contributed by atoms with Gasteiger partial charge in [-0.3, -0.25) is 14.6 Å². The van der Waals surface area contributed by atoms with E-state index in [4.69, 9.17) is 4.74 Å². The lowest BCUT2D eigenvalue weighted by molar-refractivity contribution is -0.138. The maximum absolute atomic E-state index is 12.4. The predicted octanol–water partition coefficient (Wildman–Crippen LogP) is 0.184. The molecule has 24 heavy (non-hydrogen) atoms. The van der Waals surface area contributed by atoms with Gasteiger partial charge in [0.15, 0.2) is 0 Å². The monoisotopic (exact) mass is 329 g/mol. The summed E-state index contributed by atoms with van der Waals surface area (Å²) < 4.78 is 5.20. The van der Waals surface area contributed by atoms with Crippen LogP contribution >= 0.6 is 0 Å². The van der Waals surface area contributed by atoms with Crippen LogP contribution in [0.15, 0.2) is 36.5 Å². The smallest absolute Gasteiger partial charge is 0.253 e. The molecule has 0 aliphatic carbocycles. The van der Waals surface area contributed by atoms with Gasteiger partial charge in [0.05, 0.1) is 30.9 Å². The van der Waals surface area contributed by atoms with Crippen molar-refractivity contribution in [3.8, 4) is 0 Å². The fourth-order valence-corrected chi connectivity index (χ4v) is 2.63. The van der Waals surface area contributed by atoms with E-state index in [0.29, 0.717) is 31.9 Å². The number of aliphatic hydroxyl groups excluding tert-OH is 1. The van der Waals surface area contributed by atoms with E-state index in [9.17, 15) is 14.7 Å². The average molecular weight is 329 g/mol. The molecule has 0 radical (unpaired) electrons. The zero-order chi connectivity index (χ0) is 16.9. The minimum absolute atomic E-state index is 0.303. The molecular formula is C17H19N3O4. The van der Waals surface area contributed by atoms with Crippen LogP contribution in [0.3, 0.4) is 0 Å². The largest absolute Gasteiger partial charge is 0.394 e. The molecule has 0 bridgehead atoms. The number of para-hydroxylation sites is 1. The summed E-state index contributed by atoms with van der Waals surface area (Å²) in [6.45, 7) is 1.40. The third-order valence-corrected chi connectivity index (χ3v) is 3.96. The van der Waals surface area contributed by atoms with E-state index in [1.54, 1.807) is 11.0 Å². The van der Waals surface area contributed by atoms with Crippen LogP contribution in [0.5, 0.6) is 0 Å². The van der Waals surface area contributed by atoms with Gasteiger partial charge in [-0.05, 0) is 12.1 Å². The molecule has 2 aromatic rings. The number of rotatable bonds is 4. The SMILES string of the molecule is O=C(N[C@@H](CO)C(=O)N1CCOCC1)c1cnc2ccccc2c1. The number of ether oxygens (including phenoxy) is 1. The van der Waals surface area contributed by atoms with Gasteiger partial charge < -0.3 is 20.1 Å². The molecule has 126 valence electrons. The third-order valence-electron chi connectivity index (χ3n) is 3.96. The van der Waals surface area contributed by atoms with Crippen molar-refractivity contribution in [1.82, 2.24) is 15.2 Å². The molecule has 1 aromatic heterocycles. The number of nitrogens with one attached hydrogen (secondary N) is 1. The summed E-state index contributed by atoms with van der Waals surface area (Å²) in [4.78, 5) is 30.6. The number of hydrogen-bond donors (Lipinski definition) is 2. The molecule has 3 rings (SSSR count). The topological polar surface area (TPSA) is 91.8 Å². The summed E-state index contributed by atoms with van der Waals surface area (Å²) in [6, 6.07) is 8.20. The van der Waals surface area contributed by atoms with Crippen LogP contribution in [0, 0.1) is 0 Å². The molecule has 1 fully saturated rings. The first-order chi connectivity index (χ1) is 11.7. The molecule has 1 aliphatic heterocycles. The number of amides is 2. The number of fused-ring (bicyclic) bond motifs is 1. The second kappa shape index (κ2) is 7.37. The molecule has 2 amide bonds. The molecular weight excluding hydrogens is 310 g/mol. The molecule has 7 heteroatoms. The van der Waals surface area contributed by atoms with Crippen molar-refractivity contribution < 1.29 is 19.4 Å². The maximum Gasteiger partial charge on any atom is 0.253 e. The van der Waals surface area contributed by atoms with Gasteiger partial charge >= 0.3 is 0 Å². The van der Waals surface area contributed by atoms with Crippen LogP contribution in [0.4, 0.5) is 0 Å². The lowest BCUT2D eigenvalue weighted by atomic mass is 10.1. The van der Waals surface area contributed by atoms with Gasteiger partial charge in [0.25, 0.3) is 5.91 Å². The molecule has 0 saturated carbocycles. The van der Waals surface area contributed by atoms with Crippen molar-refractivity contribution in [3.05, 3.63) is 42.1 Å². The molecule has 1 aliphatic rings. The molecule has 0 spiro atoms. The Morgan fingerprint density at radius 2 is 2.04 bits per heavy atom. The Kier molecular flexibility index (Phi) is 5.02. The standard InChI is InChI=1S/C17H19N3O4/c21-11-15(17(23)20-5-7-24-8-6-20)19-16(22)13-9-12-3-1-2-4-14(12)18-10-13/h1-4,9-10,15,21H,5-8,11H2,(H,19,22)/t15-/m0/s1. The Bertz CT molecular complexity index is 743. The van der Waals surface area contributed by atoms with Crippen molar-refractivity contribution in [1.29, 1.82) is 0 Å². The second-order valence-corrected chi connectivity index (χ2v) is 5.56. The van der Waals surface area contributed by atoms with Gasteiger partial charge in [-0.1, -0.05) is 18.2 Å². The highest BCUT2D eigenvalue weighted by atomic mass is 16.5. The summed E-state index contributed by atoms with van der Waals surface area (Å²) in [5.41, 5.74) is 1.14. The van der Waals surface area contributed by atoms with Crippen molar-refractivity contribution in [2.24, 2.45) is 0 Å². The van der Waals surface area contributed by atoms with Gasteiger partial charge in [0.1, 0.15) is 6.04 Å². The first-order valence-corrected chi connectivity index (χ1v) is 7.82. The highest BCUT2D eigenvalue weighted by Gasteiger charge is 2.27. The predicted molar refractivity (Wildman–Crippen MR) is 87.5 cm³/mol. The van der Waals surface area contributed by atoms with Crippen LogP contribution in [0.1, 0.15) is 10.4 Å². The lowest BCUT2D eigenvalue weighted by Crippen LogP contribution is -2.53. The quantitative estimate of drug-likeness (QED) is 0.835. The van der Waals surface area contributed by atoms with Crippen molar-refractivity contribution in [2.45, 2.75) is 6.04 Å². The zero-order valence-corrected chi connectivity index (χ0v) is 13.1. The van der Waals surface area contributed by atoms with Gasteiger partial charge in [0, 0.05) is 24.7 Å². The van der Waals surface area contributed by atoms with E-state index < -0.39 is 18.6 Å². The normalized spacial score (nSPS) is 16.0. The Labute approximate surface area is 139 Å². The average Bonchev–Trinajstić information content (AvgIpc) is 2.65. The van der Waals surface area contributed by atoms with Crippen molar-refractivity contribution >= 4 is 22.7 Å². The van der Waals surface area contributed by atoms with E-state index >= 15 is 0 Å². The van der Waals surface area contributed by atoms with E-state index in [1.807, 2.05) is 24.3 Å². The Hall–Kier alpha value is -2.51. The van der Waals surface area contributed by atoms with Crippen LogP contribution in [0.25, 0.3) is 10.9 Å². The van der Waals surface area contributed by atoms with Crippen LogP contribution in [0.2, 0.25) is 0 Å². The Balaban J connectivity index is 1.71. The summed E-state index contributed by atoms with van der Waals surface area (Å²) in [5.74, 6) is -0.739. The van der Waals surface area contributed by atoms with E-state index in [-0.39, 0.29) is 5.91 Å². The minimum Gasteiger partial charge on any atom is -0.394 e. The van der Waals surface area contributed by atoms with Crippen LogP contribution in [-0.2, 0) is 9.53 Å². The molecule has 1 saturated heterocycles. The summed E-state index contributed by atoms with van der Waals surface area (Å²) in [7, 11) is 0. The number of hydrogen-bond acceptors (Lipinski definition) is 5. The highest BCUT2D eigenvalue weighted by molar-refractivity contribution is 5.99. The van der Waals surface area contributed by atoms with Crippen molar-refractivity contribution in [3.63, 3.8) is 0 Å². The van der Waals surface area contributed by atoms with E-state index in [1.165, 1.54) is 6.20 Å². The first kappa shape index (κ1) is 16.4. The second-order valence-electron chi connectivity index (χ2n) is 5.56. The van der Waals surface area contributed by atoms with Gasteiger partial charge in [-0.25, -0.2) is 0 Å². The number of aliphatic hydroxyl groups is 1. The number of carbonyl (C=O) groups is 2. The summed E-state index contributed by atoms with van der Waals surface area (Å²) in [6.07, 6.45) is 1.46. The fourth-order valence-electron chi connectivity index (χ4n) is 2.63. The van der Waals surface area contributed by atoms with E-state index in [0.717, 1.165) is 10.9 Å². The molecule has 2 N–H and O–H groups in total. The van der Waals surface area contributed by atoms with Gasteiger partial charge in [-0.2, -0.15) is 0 Å². The molecule has 7 nitrogen and oxygen atoms in total. The van der Waals surface area contributed by atoms with Crippen LogP contribution in [-0.4, -0.2) is 65.8 Å². The van der Waals surface area contributed by atoms with E-state index in [2.05, 4.69) is 10.3 Å². The Morgan fingerprint density at radius 3 is 2.79 bits per heavy atom. The molecule has 0 unspecified atom stereocenters. The van der Waals surface area contributed by atoms with Gasteiger partial charge in [-0.15, -0.1) is 0 Å². The van der Waals surface area contributed by atoms with Crippen molar-refractivity contribution in [2.75, 3.05) is 32.9 Å². The highest BCUT2D eigenvalue weighted by Crippen LogP contribution is 2.13. The molecule has 1 atom stereocenters. The fraction of sp³-hybridized carbons (Fsp3) is 0.353. The number of benzene rings is 1. The molecule has 1 aromatic carbocycles. The number of morpholine rings is 1. The lowest BCUT2D eigenvalue weighted by Gasteiger charge is -2.30. The van der Waals surface area contributed by atoms with Gasteiger partial charge in [0.2, 0.25) is 5.91 Å². The zero-order valence-electron chi connectivity index (χ0n) is 13.1. The number of nitrogens with zero attached hydrogens (tertiary/aromatic N) is 2. The summed E-state index contributed by atoms with van der Waals surface area (Å²) in [5, 5.41) is 12.9. The summed E-state index contributed by atoms with van der Waals surface area (Å²) >= 11 is 0. The Morgan fingerprint density at radius 1 is 1.29 bits per heavy atom. The first-order valence-electron chi connectivity index (χ1n) is 7.82.